The van der Waals surface area contributed by atoms with Crippen molar-refractivity contribution in [2.45, 2.75) is 24.0 Å². The van der Waals surface area contributed by atoms with Gasteiger partial charge in [0.05, 0.1) is 13.0 Å². The van der Waals surface area contributed by atoms with Gasteiger partial charge in [-0.25, -0.2) is 0 Å². The molecule has 0 radical (unpaired) electrons. The first-order valence-corrected chi connectivity index (χ1v) is 7.70. The van der Waals surface area contributed by atoms with Crippen LogP contribution in [0.5, 0.6) is 0 Å². The lowest BCUT2D eigenvalue weighted by Gasteiger charge is -2.19. The van der Waals surface area contributed by atoms with E-state index in [0.29, 0.717) is 0 Å². The second-order valence-corrected chi connectivity index (χ2v) is 5.77. The summed E-state index contributed by atoms with van der Waals surface area (Å²) < 4.78 is 4.87. The predicted octanol–water partition coefficient (Wildman–Crippen LogP) is 2.30. The highest BCUT2D eigenvalue weighted by atomic mass is 16.6. The molecule has 6 heteroatoms. The van der Waals surface area contributed by atoms with Crippen molar-refractivity contribution in [1.29, 1.82) is 0 Å². The van der Waals surface area contributed by atoms with Crippen molar-refractivity contribution < 1.29 is 14.5 Å². The minimum absolute atomic E-state index is 0.300. The van der Waals surface area contributed by atoms with Gasteiger partial charge in [-0.05, 0) is 11.1 Å². The van der Waals surface area contributed by atoms with Gasteiger partial charge in [-0.2, -0.15) is 0 Å². The van der Waals surface area contributed by atoms with Gasteiger partial charge in [0.15, 0.2) is 0 Å². The van der Waals surface area contributed by atoms with E-state index in [4.69, 9.17) is 4.74 Å². The van der Waals surface area contributed by atoms with E-state index in [0.717, 1.165) is 11.1 Å². The minimum atomic E-state index is -0.959. The second-order valence-electron chi connectivity index (χ2n) is 5.77. The van der Waals surface area contributed by atoms with Crippen molar-refractivity contribution in [3.63, 3.8) is 0 Å². The van der Waals surface area contributed by atoms with E-state index in [-0.39, 0.29) is 4.92 Å². The van der Waals surface area contributed by atoms with Crippen LogP contribution in [-0.4, -0.2) is 30.1 Å². The van der Waals surface area contributed by atoms with E-state index < -0.39 is 30.0 Å². The predicted molar refractivity (Wildman–Crippen MR) is 88.1 cm³/mol. The molecule has 0 aromatic heterocycles. The molecule has 1 aliphatic rings. The van der Waals surface area contributed by atoms with E-state index in [1.165, 1.54) is 7.11 Å². The van der Waals surface area contributed by atoms with E-state index >= 15 is 0 Å². The maximum atomic E-state index is 12.2. The number of carbonyl (C=O) groups is 1. The largest absolute Gasteiger partial charge is 0.468 e. The third-order valence-electron chi connectivity index (χ3n) is 4.47. The van der Waals surface area contributed by atoms with Crippen LogP contribution in [-0.2, 0) is 9.53 Å². The minimum Gasteiger partial charge on any atom is -0.468 e. The van der Waals surface area contributed by atoms with E-state index in [2.05, 4.69) is 5.32 Å². The van der Waals surface area contributed by atoms with Crippen LogP contribution in [0.2, 0.25) is 0 Å². The molecule has 4 atom stereocenters. The van der Waals surface area contributed by atoms with Crippen LogP contribution < -0.4 is 5.32 Å². The molecule has 1 aliphatic heterocycles. The molecule has 0 spiro atoms. The van der Waals surface area contributed by atoms with Crippen molar-refractivity contribution in [3.8, 4) is 0 Å². The second kappa shape index (κ2) is 6.80. The number of benzene rings is 2. The Morgan fingerprint density at radius 3 is 2.08 bits per heavy atom. The highest BCUT2D eigenvalue weighted by molar-refractivity contribution is 5.78. The molecule has 2 aromatic rings. The number of rotatable bonds is 4. The summed E-state index contributed by atoms with van der Waals surface area (Å²) in [5.41, 5.74) is 1.53. The van der Waals surface area contributed by atoms with Gasteiger partial charge in [-0.3, -0.25) is 20.2 Å². The van der Waals surface area contributed by atoms with Gasteiger partial charge in [-0.15, -0.1) is 0 Å². The molecule has 0 bridgehead atoms. The van der Waals surface area contributed by atoms with Gasteiger partial charge in [0.1, 0.15) is 12.1 Å². The van der Waals surface area contributed by atoms with Crippen molar-refractivity contribution in [3.05, 3.63) is 81.9 Å². The average Bonchev–Trinajstić information content (AvgIpc) is 3.03. The number of esters is 1. The lowest BCUT2D eigenvalue weighted by atomic mass is 9.85. The Morgan fingerprint density at radius 2 is 1.58 bits per heavy atom. The van der Waals surface area contributed by atoms with Crippen molar-refractivity contribution in [1.82, 2.24) is 5.32 Å². The lowest BCUT2D eigenvalue weighted by molar-refractivity contribution is -0.527. The summed E-state index contributed by atoms with van der Waals surface area (Å²) in [7, 11) is 1.29. The Morgan fingerprint density at radius 1 is 1.04 bits per heavy atom. The summed E-state index contributed by atoms with van der Waals surface area (Å²) in [6, 6.07) is 16.0. The Kier molecular flexibility index (Phi) is 4.57. The highest BCUT2D eigenvalue weighted by Gasteiger charge is 2.54. The Bertz CT molecular complexity index is 720. The third-order valence-corrected chi connectivity index (χ3v) is 4.47. The van der Waals surface area contributed by atoms with E-state index in [1.54, 1.807) is 0 Å². The SMILES string of the molecule is COC(=O)[C@H]1N[C@H](c2ccccc2)[C@@H]([N+](=O)[O-])[C@@H]1c1ccccc1. The number of nitrogens with zero attached hydrogens (tertiary/aromatic N) is 1. The molecule has 24 heavy (non-hydrogen) atoms. The number of hydrogen-bond donors (Lipinski definition) is 1. The van der Waals surface area contributed by atoms with Gasteiger partial charge in [0.2, 0.25) is 6.04 Å². The molecular weight excluding hydrogens is 308 g/mol. The molecule has 0 aliphatic carbocycles. The monoisotopic (exact) mass is 326 g/mol. The average molecular weight is 326 g/mol. The molecule has 6 nitrogen and oxygen atoms in total. The molecule has 0 unspecified atom stereocenters. The molecule has 0 amide bonds. The standard InChI is InChI=1S/C18H18N2O4/c1-24-18(21)16-14(12-8-4-2-5-9-12)17(20(22)23)15(19-16)13-10-6-3-7-11-13/h2-11,14-17,19H,1H3/t14-,15-,16+,17+/m1/s1. The van der Waals surface area contributed by atoms with Crippen LogP contribution in [0.4, 0.5) is 0 Å². The van der Waals surface area contributed by atoms with Gasteiger partial charge in [0, 0.05) is 4.92 Å². The lowest BCUT2D eigenvalue weighted by Crippen LogP contribution is -2.37. The van der Waals surface area contributed by atoms with Crippen molar-refractivity contribution in [2.24, 2.45) is 0 Å². The fourth-order valence-electron chi connectivity index (χ4n) is 3.41. The zero-order valence-electron chi connectivity index (χ0n) is 13.2. The summed E-state index contributed by atoms with van der Waals surface area (Å²) in [6.45, 7) is 0. The number of carbonyl (C=O) groups excluding carboxylic acids is 1. The summed E-state index contributed by atoms with van der Waals surface area (Å²) in [6.07, 6.45) is 0. The first-order chi connectivity index (χ1) is 11.6. The van der Waals surface area contributed by atoms with Crippen LogP contribution >= 0.6 is 0 Å². The van der Waals surface area contributed by atoms with Gasteiger partial charge < -0.3 is 4.74 Å². The molecular formula is C18H18N2O4. The number of methoxy groups -OCH3 is 1. The van der Waals surface area contributed by atoms with Crippen molar-refractivity contribution >= 4 is 5.97 Å². The highest BCUT2D eigenvalue weighted by Crippen LogP contribution is 2.40. The zero-order chi connectivity index (χ0) is 17.1. The maximum Gasteiger partial charge on any atom is 0.323 e. The Labute approximate surface area is 139 Å². The summed E-state index contributed by atoms with van der Waals surface area (Å²) in [5.74, 6) is -1.09. The van der Waals surface area contributed by atoms with Gasteiger partial charge >= 0.3 is 5.97 Å². The number of nitrogens with one attached hydrogen (secondary N) is 1. The molecule has 124 valence electrons. The molecule has 0 saturated carbocycles. The summed E-state index contributed by atoms with van der Waals surface area (Å²) in [5, 5.41) is 15.0. The van der Waals surface area contributed by atoms with Crippen LogP contribution in [0.15, 0.2) is 60.7 Å². The maximum absolute atomic E-state index is 12.2. The smallest absolute Gasteiger partial charge is 0.323 e. The molecule has 2 aromatic carbocycles. The summed E-state index contributed by atoms with van der Waals surface area (Å²) in [4.78, 5) is 23.8. The fourth-order valence-corrected chi connectivity index (χ4v) is 3.41. The third kappa shape index (κ3) is 2.88. The fraction of sp³-hybridized carbons (Fsp3) is 0.278. The first-order valence-electron chi connectivity index (χ1n) is 7.70. The van der Waals surface area contributed by atoms with E-state index in [1.807, 2.05) is 60.7 Å². The van der Waals surface area contributed by atoms with Crippen LogP contribution in [0.25, 0.3) is 0 Å². The Balaban J connectivity index is 2.07. The number of hydrogen-bond acceptors (Lipinski definition) is 5. The van der Waals surface area contributed by atoms with Gasteiger partial charge in [-0.1, -0.05) is 60.7 Å². The molecule has 3 rings (SSSR count). The molecule has 1 fully saturated rings. The van der Waals surface area contributed by atoms with Crippen molar-refractivity contribution in [2.75, 3.05) is 7.11 Å². The van der Waals surface area contributed by atoms with Crippen LogP contribution in [0.3, 0.4) is 0 Å². The van der Waals surface area contributed by atoms with Crippen LogP contribution in [0.1, 0.15) is 23.1 Å². The summed E-state index contributed by atoms with van der Waals surface area (Å²) >= 11 is 0. The quantitative estimate of drug-likeness (QED) is 0.530. The zero-order valence-corrected chi connectivity index (χ0v) is 13.2. The van der Waals surface area contributed by atoms with E-state index in [9.17, 15) is 14.9 Å². The Hall–Kier alpha value is -2.73. The topological polar surface area (TPSA) is 81.5 Å². The molecule has 1 heterocycles. The molecule has 1 N–H and O–H groups in total. The normalized spacial score (nSPS) is 26.0. The van der Waals surface area contributed by atoms with Gasteiger partial charge in [0.25, 0.3) is 0 Å². The number of nitro groups is 1. The van der Waals surface area contributed by atoms with Crippen LogP contribution in [0, 0.1) is 10.1 Å². The first kappa shape index (κ1) is 16.1. The molecule has 1 saturated heterocycles. The number of ether oxygens (including phenoxy) is 1.